The predicted molar refractivity (Wildman–Crippen MR) is 134 cm³/mol. The molecule has 0 aliphatic carbocycles. The summed E-state index contributed by atoms with van der Waals surface area (Å²) in [5, 5.41) is 11.5. The van der Waals surface area contributed by atoms with Gasteiger partial charge in [0.05, 0.1) is 13.1 Å². The van der Waals surface area contributed by atoms with Gasteiger partial charge in [-0.1, -0.05) is 12.1 Å². The molecule has 8 nitrogen and oxygen atoms in total. The molecule has 1 aromatic carbocycles. The van der Waals surface area contributed by atoms with E-state index in [1.54, 1.807) is 7.11 Å². The molecular weight excluding hydrogens is 505 g/mol. The summed E-state index contributed by atoms with van der Waals surface area (Å²) in [5.41, 5.74) is 4.05. The van der Waals surface area contributed by atoms with Gasteiger partial charge in [-0.2, -0.15) is 5.10 Å². The smallest absolute Gasteiger partial charge is 0.191 e. The van der Waals surface area contributed by atoms with Crippen LogP contribution < -0.4 is 15.5 Å². The minimum Gasteiger partial charge on any atom is -0.377 e. The van der Waals surface area contributed by atoms with Gasteiger partial charge < -0.3 is 20.3 Å². The highest BCUT2D eigenvalue weighted by atomic mass is 127. The zero-order valence-corrected chi connectivity index (χ0v) is 21.1. The predicted octanol–water partition coefficient (Wildman–Crippen LogP) is 2.50. The van der Waals surface area contributed by atoms with Gasteiger partial charge in [-0.15, -0.1) is 24.0 Å². The van der Waals surface area contributed by atoms with Gasteiger partial charge in [0.25, 0.3) is 0 Å². The Labute approximate surface area is 201 Å². The molecular formula is C22H34IN7O. The summed E-state index contributed by atoms with van der Waals surface area (Å²) in [7, 11) is 3.84. The minimum absolute atomic E-state index is 0. The average Bonchev–Trinajstić information content (AvgIpc) is 3.14. The van der Waals surface area contributed by atoms with Crippen molar-refractivity contribution in [1.82, 2.24) is 25.4 Å². The van der Waals surface area contributed by atoms with Crippen molar-refractivity contribution in [1.29, 1.82) is 0 Å². The lowest BCUT2D eigenvalue weighted by molar-refractivity contribution is 0.177. The van der Waals surface area contributed by atoms with Crippen molar-refractivity contribution < 1.29 is 4.74 Å². The molecule has 1 unspecified atom stereocenters. The molecule has 4 rings (SSSR count). The number of halogens is 1. The lowest BCUT2D eigenvalue weighted by Gasteiger charge is -2.28. The van der Waals surface area contributed by atoms with Gasteiger partial charge in [-0.25, -0.2) is 14.7 Å². The SMILES string of the molecule is CCNC(=NCc1ccc2c(c1)CCCN2C)NC1CCc2nc(COC)nn2C1.I. The first-order valence-corrected chi connectivity index (χ1v) is 11.0. The second-order valence-electron chi connectivity index (χ2n) is 8.12. The van der Waals surface area contributed by atoms with Crippen molar-refractivity contribution in [3.05, 3.63) is 41.0 Å². The van der Waals surface area contributed by atoms with Crippen molar-refractivity contribution in [3.8, 4) is 0 Å². The highest BCUT2D eigenvalue weighted by molar-refractivity contribution is 14.0. The maximum absolute atomic E-state index is 5.16. The lowest BCUT2D eigenvalue weighted by Crippen LogP contribution is -2.47. The maximum Gasteiger partial charge on any atom is 0.191 e. The van der Waals surface area contributed by atoms with E-state index in [1.807, 2.05) is 4.68 Å². The number of nitrogens with one attached hydrogen (secondary N) is 2. The van der Waals surface area contributed by atoms with Crippen LogP contribution >= 0.6 is 24.0 Å². The molecule has 31 heavy (non-hydrogen) atoms. The zero-order chi connectivity index (χ0) is 20.9. The second-order valence-corrected chi connectivity index (χ2v) is 8.12. The molecule has 0 saturated carbocycles. The van der Waals surface area contributed by atoms with E-state index < -0.39 is 0 Å². The van der Waals surface area contributed by atoms with E-state index in [9.17, 15) is 0 Å². The van der Waals surface area contributed by atoms with Gasteiger partial charge in [0.1, 0.15) is 12.4 Å². The van der Waals surface area contributed by atoms with Gasteiger partial charge in [0.2, 0.25) is 0 Å². The van der Waals surface area contributed by atoms with E-state index in [2.05, 4.69) is 57.8 Å². The van der Waals surface area contributed by atoms with Crippen LogP contribution in [0.2, 0.25) is 0 Å². The monoisotopic (exact) mass is 539 g/mol. The minimum atomic E-state index is 0. The number of hydrogen-bond donors (Lipinski definition) is 2. The molecule has 170 valence electrons. The first kappa shape index (κ1) is 23.8. The van der Waals surface area contributed by atoms with Crippen LogP contribution in [0.3, 0.4) is 0 Å². The summed E-state index contributed by atoms with van der Waals surface area (Å²) in [6.45, 7) is 5.99. The molecule has 0 bridgehead atoms. The van der Waals surface area contributed by atoms with Gasteiger partial charge >= 0.3 is 0 Å². The van der Waals surface area contributed by atoms with Crippen molar-refractivity contribution in [2.75, 3.05) is 32.1 Å². The summed E-state index contributed by atoms with van der Waals surface area (Å²) >= 11 is 0. The normalized spacial score (nSPS) is 18.1. The number of nitrogens with zero attached hydrogens (tertiary/aromatic N) is 5. The number of hydrogen-bond acceptors (Lipinski definition) is 5. The van der Waals surface area contributed by atoms with Gasteiger partial charge in [-0.05, 0) is 43.4 Å². The summed E-state index contributed by atoms with van der Waals surface area (Å²) in [6, 6.07) is 7.04. The first-order chi connectivity index (χ1) is 14.7. The van der Waals surface area contributed by atoms with Crippen LogP contribution in [0, 0.1) is 0 Å². The molecule has 0 amide bonds. The van der Waals surface area contributed by atoms with Crippen molar-refractivity contribution in [3.63, 3.8) is 0 Å². The number of anilines is 1. The maximum atomic E-state index is 5.16. The number of aryl methyl sites for hydroxylation is 2. The Hall–Kier alpha value is -1.88. The number of ether oxygens (including phenoxy) is 1. The largest absolute Gasteiger partial charge is 0.377 e. The van der Waals surface area contributed by atoms with E-state index in [4.69, 9.17) is 9.73 Å². The Morgan fingerprint density at radius 3 is 3.00 bits per heavy atom. The molecule has 0 spiro atoms. The molecule has 3 heterocycles. The summed E-state index contributed by atoms with van der Waals surface area (Å²) < 4.78 is 7.16. The number of aromatic nitrogens is 3. The molecule has 2 aliphatic rings. The van der Waals surface area contributed by atoms with Crippen LogP contribution in [0.1, 0.15) is 42.5 Å². The van der Waals surface area contributed by atoms with E-state index in [0.29, 0.717) is 13.2 Å². The molecule has 2 aromatic rings. The number of fused-ring (bicyclic) bond motifs is 2. The topological polar surface area (TPSA) is 79.6 Å². The molecule has 0 saturated heterocycles. The average molecular weight is 539 g/mol. The summed E-state index contributed by atoms with van der Waals surface area (Å²) in [6.07, 6.45) is 4.30. The quantitative estimate of drug-likeness (QED) is 0.334. The standard InChI is InChI=1S/C22H33N7O.HI/c1-4-23-22(24-13-16-7-9-19-17(12-16)6-5-11-28(19)2)25-18-8-10-21-26-20(15-30-3)27-29(21)14-18;/h7,9,12,18H,4-6,8,10-11,13-15H2,1-3H3,(H2,23,24,25);1H. The third-order valence-corrected chi connectivity index (χ3v) is 5.77. The molecule has 0 radical (unpaired) electrons. The fourth-order valence-electron chi connectivity index (χ4n) is 4.29. The van der Waals surface area contributed by atoms with Crippen molar-refractivity contribution >= 4 is 35.6 Å². The molecule has 1 aromatic heterocycles. The molecule has 1 atom stereocenters. The molecule has 9 heteroatoms. The Morgan fingerprint density at radius 2 is 2.19 bits per heavy atom. The lowest BCUT2D eigenvalue weighted by atomic mass is 10.00. The summed E-state index contributed by atoms with van der Waals surface area (Å²) in [4.78, 5) is 11.8. The van der Waals surface area contributed by atoms with Crippen LogP contribution in [0.4, 0.5) is 5.69 Å². The fourth-order valence-corrected chi connectivity index (χ4v) is 4.29. The molecule has 2 aliphatic heterocycles. The highest BCUT2D eigenvalue weighted by Gasteiger charge is 2.22. The van der Waals surface area contributed by atoms with Gasteiger partial charge in [0, 0.05) is 45.4 Å². The summed E-state index contributed by atoms with van der Waals surface area (Å²) in [5.74, 6) is 2.66. The first-order valence-electron chi connectivity index (χ1n) is 11.0. The number of guanidine groups is 1. The Balaban J connectivity index is 0.00000272. The van der Waals surface area contributed by atoms with E-state index in [0.717, 1.165) is 56.5 Å². The van der Waals surface area contributed by atoms with E-state index in [-0.39, 0.29) is 30.0 Å². The number of methoxy groups -OCH3 is 1. The van der Waals surface area contributed by atoms with Gasteiger partial charge in [0.15, 0.2) is 11.8 Å². The van der Waals surface area contributed by atoms with Crippen LogP contribution in [-0.4, -0.2) is 54.0 Å². The fraction of sp³-hybridized carbons (Fsp3) is 0.591. The van der Waals surface area contributed by atoms with Crippen LogP contribution in [0.15, 0.2) is 23.2 Å². The van der Waals surface area contributed by atoms with Crippen LogP contribution in [0.25, 0.3) is 0 Å². The van der Waals surface area contributed by atoms with E-state index >= 15 is 0 Å². The zero-order valence-electron chi connectivity index (χ0n) is 18.7. The molecule has 0 fully saturated rings. The Kier molecular flexibility index (Phi) is 8.53. The third kappa shape index (κ3) is 5.88. The number of rotatable bonds is 6. The van der Waals surface area contributed by atoms with Gasteiger partial charge in [-0.3, -0.25) is 0 Å². The van der Waals surface area contributed by atoms with Crippen LogP contribution in [0.5, 0.6) is 0 Å². The third-order valence-electron chi connectivity index (χ3n) is 5.77. The van der Waals surface area contributed by atoms with Crippen molar-refractivity contribution in [2.45, 2.75) is 58.3 Å². The van der Waals surface area contributed by atoms with Crippen molar-refractivity contribution in [2.24, 2.45) is 4.99 Å². The Morgan fingerprint density at radius 1 is 1.32 bits per heavy atom. The second kappa shape index (κ2) is 11.1. The molecule has 2 N–H and O–H groups in total. The number of aliphatic imine (C=N–C) groups is 1. The van der Waals surface area contributed by atoms with E-state index in [1.165, 1.54) is 23.2 Å². The highest BCUT2D eigenvalue weighted by Crippen LogP contribution is 2.27. The number of benzene rings is 1. The van der Waals surface area contributed by atoms with Crippen LogP contribution in [-0.2, 0) is 37.3 Å². The Bertz CT molecular complexity index is 898.